The lowest BCUT2D eigenvalue weighted by Crippen LogP contribution is -2.34. The molecule has 0 amide bonds. The van der Waals surface area contributed by atoms with E-state index in [1.54, 1.807) is 16.6 Å². The smallest absolute Gasteiger partial charge is 0.244 e. The van der Waals surface area contributed by atoms with Crippen LogP contribution in [0.5, 0.6) is 0 Å². The first-order valence-electron chi connectivity index (χ1n) is 7.34. The molecule has 0 fully saturated rings. The fourth-order valence-electron chi connectivity index (χ4n) is 1.84. The van der Waals surface area contributed by atoms with E-state index in [1.807, 2.05) is 0 Å². The second-order valence-electron chi connectivity index (χ2n) is 6.11. The Morgan fingerprint density at radius 2 is 1.62 bits per heavy atom. The van der Waals surface area contributed by atoms with Gasteiger partial charge >= 0.3 is 0 Å². The van der Waals surface area contributed by atoms with Gasteiger partial charge in [-0.3, -0.25) is 4.98 Å². The molecule has 1 heterocycles. The van der Waals surface area contributed by atoms with Crippen LogP contribution in [0.4, 0.5) is 0 Å². The molecule has 0 saturated heterocycles. The van der Waals surface area contributed by atoms with Gasteiger partial charge in [0.1, 0.15) is 4.90 Å². The van der Waals surface area contributed by atoms with Gasteiger partial charge in [0.2, 0.25) is 10.0 Å². The zero-order valence-electron chi connectivity index (χ0n) is 13.2. The van der Waals surface area contributed by atoms with Crippen molar-refractivity contribution < 1.29 is 8.42 Å². The largest absolute Gasteiger partial charge is 0.262 e. The molecule has 6 heteroatoms. The molecule has 0 unspecified atom stereocenters. The van der Waals surface area contributed by atoms with Crippen LogP contribution in [0.25, 0.3) is 0 Å². The molecule has 1 aromatic rings. The van der Waals surface area contributed by atoms with Crippen LogP contribution in [-0.4, -0.2) is 30.8 Å². The lowest BCUT2D eigenvalue weighted by Gasteiger charge is -2.23. The average Bonchev–Trinajstić information content (AvgIpc) is 2.37. The topological polar surface area (TPSA) is 50.3 Å². The summed E-state index contributed by atoms with van der Waals surface area (Å²) < 4.78 is 27.8. The fraction of sp³-hybridized carbons (Fsp3) is 0.667. The highest BCUT2D eigenvalue weighted by Crippen LogP contribution is 2.20. The van der Waals surface area contributed by atoms with Gasteiger partial charge in [0, 0.05) is 30.0 Å². The number of sulfonamides is 1. The molecule has 0 atom stereocenters. The monoisotopic (exact) mass is 376 g/mol. The van der Waals surface area contributed by atoms with Crippen LogP contribution in [0.3, 0.4) is 0 Å². The molecular formula is C15H25BrN2O2S. The number of hydrogen-bond donors (Lipinski definition) is 0. The van der Waals surface area contributed by atoms with Crippen LogP contribution in [0, 0.1) is 11.8 Å². The normalized spacial score (nSPS) is 12.6. The van der Waals surface area contributed by atoms with Gasteiger partial charge in [-0.05, 0) is 46.7 Å². The van der Waals surface area contributed by atoms with Crippen LogP contribution in [0.2, 0.25) is 0 Å². The van der Waals surface area contributed by atoms with E-state index in [0.29, 0.717) is 29.4 Å². The summed E-state index contributed by atoms with van der Waals surface area (Å²) in [5.41, 5.74) is 0. The van der Waals surface area contributed by atoms with E-state index < -0.39 is 10.0 Å². The molecule has 0 spiro atoms. The molecule has 0 aliphatic carbocycles. The molecule has 0 saturated carbocycles. The molecule has 0 radical (unpaired) electrons. The Bertz CT molecular complexity index is 532. The van der Waals surface area contributed by atoms with Crippen LogP contribution < -0.4 is 0 Å². The molecule has 0 aliphatic rings. The molecule has 0 bridgehead atoms. The number of aromatic nitrogens is 1. The van der Waals surface area contributed by atoms with E-state index >= 15 is 0 Å². The number of rotatable bonds is 8. The van der Waals surface area contributed by atoms with Gasteiger partial charge in [-0.1, -0.05) is 27.7 Å². The summed E-state index contributed by atoms with van der Waals surface area (Å²) in [6.45, 7) is 9.53. The van der Waals surface area contributed by atoms with Crippen molar-refractivity contribution in [2.24, 2.45) is 11.8 Å². The second-order valence-corrected chi connectivity index (χ2v) is 8.96. The molecule has 120 valence electrons. The third-order valence-electron chi connectivity index (χ3n) is 3.23. The summed E-state index contributed by atoms with van der Waals surface area (Å²) >= 11 is 3.28. The Morgan fingerprint density at radius 3 is 2.05 bits per heavy atom. The third-order valence-corrected chi connectivity index (χ3v) is 5.53. The molecular weight excluding hydrogens is 352 g/mol. The standard InChI is InChI=1S/C15H25BrN2O2S/c1-12(2)5-7-18(8-6-13(3)4)21(19,20)15-9-14(16)10-17-11-15/h9-13H,5-8H2,1-4H3. The molecule has 21 heavy (non-hydrogen) atoms. The second kappa shape index (κ2) is 8.25. The van der Waals surface area contributed by atoms with Crippen molar-refractivity contribution in [2.45, 2.75) is 45.4 Å². The summed E-state index contributed by atoms with van der Waals surface area (Å²) in [6, 6.07) is 1.61. The highest BCUT2D eigenvalue weighted by molar-refractivity contribution is 9.10. The van der Waals surface area contributed by atoms with Crippen LogP contribution in [0.15, 0.2) is 27.8 Å². The predicted molar refractivity (Wildman–Crippen MR) is 89.6 cm³/mol. The van der Waals surface area contributed by atoms with Crippen molar-refractivity contribution in [3.05, 3.63) is 22.9 Å². The Hall–Kier alpha value is -0.460. The first-order chi connectivity index (χ1) is 9.73. The molecule has 1 rings (SSSR count). The summed E-state index contributed by atoms with van der Waals surface area (Å²) in [6.07, 6.45) is 4.72. The van der Waals surface area contributed by atoms with E-state index in [4.69, 9.17) is 0 Å². The maximum Gasteiger partial charge on any atom is 0.244 e. The number of pyridine rings is 1. The third kappa shape index (κ3) is 6.04. The summed E-state index contributed by atoms with van der Waals surface area (Å²) in [5, 5.41) is 0. The Labute approximate surface area is 137 Å². The van der Waals surface area contributed by atoms with E-state index in [0.717, 1.165) is 12.8 Å². The zero-order chi connectivity index (χ0) is 16.0. The quantitative estimate of drug-likeness (QED) is 0.690. The van der Waals surface area contributed by atoms with Gasteiger partial charge in [-0.15, -0.1) is 0 Å². The minimum absolute atomic E-state index is 0.254. The highest BCUT2D eigenvalue weighted by atomic mass is 79.9. The number of halogens is 1. The maximum absolute atomic E-state index is 12.8. The Morgan fingerprint density at radius 1 is 1.10 bits per heavy atom. The number of hydrogen-bond acceptors (Lipinski definition) is 3. The van der Waals surface area contributed by atoms with Crippen molar-refractivity contribution in [3.63, 3.8) is 0 Å². The summed E-state index contributed by atoms with van der Waals surface area (Å²) in [5.74, 6) is 0.949. The van der Waals surface area contributed by atoms with E-state index in [1.165, 1.54) is 6.20 Å². The zero-order valence-corrected chi connectivity index (χ0v) is 15.6. The van der Waals surface area contributed by atoms with Gasteiger partial charge < -0.3 is 0 Å². The van der Waals surface area contributed by atoms with Gasteiger partial charge in [-0.2, -0.15) is 4.31 Å². The minimum atomic E-state index is -3.47. The van der Waals surface area contributed by atoms with Crippen LogP contribution in [-0.2, 0) is 10.0 Å². The summed E-state index contributed by atoms with van der Waals surface area (Å²) in [4.78, 5) is 4.22. The average molecular weight is 377 g/mol. The predicted octanol–water partition coefficient (Wildman–Crippen LogP) is 3.93. The minimum Gasteiger partial charge on any atom is -0.262 e. The van der Waals surface area contributed by atoms with Crippen molar-refractivity contribution in [2.75, 3.05) is 13.1 Å². The van der Waals surface area contributed by atoms with Gasteiger partial charge in [-0.25, -0.2) is 8.42 Å². The molecule has 4 nitrogen and oxygen atoms in total. The van der Waals surface area contributed by atoms with Crippen molar-refractivity contribution in [3.8, 4) is 0 Å². The molecule has 1 aromatic heterocycles. The lowest BCUT2D eigenvalue weighted by molar-refractivity contribution is 0.357. The van der Waals surface area contributed by atoms with Gasteiger partial charge in [0.25, 0.3) is 0 Å². The Balaban J connectivity index is 2.98. The van der Waals surface area contributed by atoms with Crippen molar-refractivity contribution in [1.29, 1.82) is 0 Å². The molecule has 0 aromatic carbocycles. The van der Waals surface area contributed by atoms with Gasteiger partial charge in [0.15, 0.2) is 0 Å². The fourth-order valence-corrected chi connectivity index (χ4v) is 3.82. The summed E-state index contributed by atoms with van der Waals surface area (Å²) in [7, 11) is -3.47. The Kier molecular flexibility index (Phi) is 7.30. The van der Waals surface area contributed by atoms with Crippen molar-refractivity contribution >= 4 is 26.0 Å². The first kappa shape index (κ1) is 18.6. The van der Waals surface area contributed by atoms with E-state index in [2.05, 4.69) is 48.6 Å². The highest BCUT2D eigenvalue weighted by Gasteiger charge is 2.25. The SMILES string of the molecule is CC(C)CCN(CCC(C)C)S(=O)(=O)c1cncc(Br)c1. The lowest BCUT2D eigenvalue weighted by atomic mass is 10.1. The first-order valence-corrected chi connectivity index (χ1v) is 9.57. The number of nitrogens with zero attached hydrogens (tertiary/aromatic N) is 2. The van der Waals surface area contributed by atoms with Crippen molar-refractivity contribution in [1.82, 2.24) is 9.29 Å². The maximum atomic E-state index is 12.8. The van der Waals surface area contributed by atoms with Crippen LogP contribution >= 0.6 is 15.9 Å². The van der Waals surface area contributed by atoms with E-state index in [9.17, 15) is 8.42 Å². The van der Waals surface area contributed by atoms with Crippen LogP contribution in [0.1, 0.15) is 40.5 Å². The van der Waals surface area contributed by atoms with E-state index in [-0.39, 0.29) is 4.90 Å². The molecule has 0 aliphatic heterocycles. The molecule has 0 N–H and O–H groups in total. The van der Waals surface area contributed by atoms with Gasteiger partial charge in [0.05, 0.1) is 0 Å².